The number of aromatic nitrogens is 2. The Morgan fingerprint density at radius 1 is 1.60 bits per heavy atom. The lowest BCUT2D eigenvalue weighted by Gasteiger charge is -2.04. The monoisotopic (exact) mass is 254 g/mol. The number of hydrogen-bond acceptors (Lipinski definition) is 4. The highest BCUT2D eigenvalue weighted by Gasteiger charge is 2.18. The van der Waals surface area contributed by atoms with Crippen LogP contribution < -0.4 is 10.5 Å². The fourth-order valence-corrected chi connectivity index (χ4v) is 2.26. The lowest BCUT2D eigenvalue weighted by Crippen LogP contribution is -2.29. The number of aryl methyl sites for hydroxylation is 1. The van der Waals surface area contributed by atoms with Crippen molar-refractivity contribution in [1.29, 1.82) is 0 Å². The molecule has 0 bridgehead atoms. The molecular weight excluding hydrogens is 240 g/mol. The standard InChI is InChI=1S/C7H14N4O2S.ClH/c1-6-7(5-9-11(6)2)14(12,13)10-4-3-8;/h5,10H,3-4,8H2,1-2H3;1H. The van der Waals surface area contributed by atoms with E-state index < -0.39 is 10.0 Å². The summed E-state index contributed by atoms with van der Waals surface area (Å²) in [5.74, 6) is 0. The van der Waals surface area contributed by atoms with Crippen molar-refractivity contribution in [2.45, 2.75) is 11.8 Å². The summed E-state index contributed by atoms with van der Waals surface area (Å²) in [6, 6.07) is 0. The molecule has 6 nitrogen and oxygen atoms in total. The summed E-state index contributed by atoms with van der Waals surface area (Å²) in [7, 11) is -1.75. The van der Waals surface area contributed by atoms with Crippen LogP contribution in [-0.4, -0.2) is 31.3 Å². The van der Waals surface area contributed by atoms with E-state index in [4.69, 9.17) is 5.73 Å². The molecule has 0 aromatic carbocycles. The number of halogens is 1. The van der Waals surface area contributed by atoms with E-state index in [0.717, 1.165) is 0 Å². The van der Waals surface area contributed by atoms with Gasteiger partial charge in [-0.3, -0.25) is 4.68 Å². The SMILES string of the molecule is Cc1c(S(=O)(=O)NCCN)cnn1C.Cl. The number of hydrogen-bond donors (Lipinski definition) is 2. The van der Waals surface area contributed by atoms with Crippen molar-refractivity contribution in [3.05, 3.63) is 11.9 Å². The van der Waals surface area contributed by atoms with Crippen LogP contribution in [0.1, 0.15) is 5.69 Å². The maximum absolute atomic E-state index is 11.6. The Morgan fingerprint density at radius 2 is 2.20 bits per heavy atom. The average Bonchev–Trinajstić information content (AvgIpc) is 2.45. The molecule has 1 aromatic rings. The summed E-state index contributed by atoms with van der Waals surface area (Å²) >= 11 is 0. The molecule has 8 heteroatoms. The van der Waals surface area contributed by atoms with Gasteiger partial charge in [-0.25, -0.2) is 13.1 Å². The van der Waals surface area contributed by atoms with Gasteiger partial charge in [-0.2, -0.15) is 5.10 Å². The highest BCUT2D eigenvalue weighted by Crippen LogP contribution is 2.12. The zero-order valence-electron chi connectivity index (χ0n) is 8.60. The first-order valence-electron chi connectivity index (χ1n) is 4.17. The first kappa shape index (κ1) is 14.4. The third kappa shape index (κ3) is 3.16. The average molecular weight is 255 g/mol. The van der Waals surface area contributed by atoms with Crippen molar-refractivity contribution in [2.24, 2.45) is 12.8 Å². The van der Waals surface area contributed by atoms with Crippen molar-refractivity contribution < 1.29 is 8.42 Å². The van der Waals surface area contributed by atoms with Gasteiger partial charge < -0.3 is 5.73 Å². The summed E-state index contributed by atoms with van der Waals surface area (Å²) in [6.45, 7) is 2.21. The minimum atomic E-state index is -3.45. The molecule has 0 aliphatic rings. The van der Waals surface area contributed by atoms with E-state index in [1.165, 1.54) is 10.9 Å². The topological polar surface area (TPSA) is 90.0 Å². The normalized spacial score (nSPS) is 11.1. The van der Waals surface area contributed by atoms with Crippen molar-refractivity contribution in [3.8, 4) is 0 Å². The summed E-state index contributed by atoms with van der Waals surface area (Å²) in [5, 5.41) is 3.86. The second-order valence-electron chi connectivity index (χ2n) is 2.90. The molecule has 15 heavy (non-hydrogen) atoms. The Balaban J connectivity index is 0.00000196. The van der Waals surface area contributed by atoms with Gasteiger partial charge >= 0.3 is 0 Å². The van der Waals surface area contributed by atoms with Gasteiger partial charge in [0.05, 0.1) is 11.9 Å². The van der Waals surface area contributed by atoms with Crippen LogP contribution in [0.15, 0.2) is 11.1 Å². The molecule has 1 heterocycles. The minimum absolute atomic E-state index is 0. The quantitative estimate of drug-likeness (QED) is 0.750. The van der Waals surface area contributed by atoms with E-state index in [1.54, 1.807) is 14.0 Å². The van der Waals surface area contributed by atoms with Gasteiger partial charge in [0.2, 0.25) is 10.0 Å². The van der Waals surface area contributed by atoms with Crippen LogP contribution in [0.2, 0.25) is 0 Å². The fourth-order valence-electron chi connectivity index (χ4n) is 1.01. The Morgan fingerprint density at radius 3 is 2.60 bits per heavy atom. The van der Waals surface area contributed by atoms with E-state index in [2.05, 4.69) is 9.82 Å². The molecule has 0 saturated carbocycles. The molecule has 0 atom stereocenters. The van der Waals surface area contributed by atoms with Crippen LogP contribution in [0, 0.1) is 6.92 Å². The first-order valence-corrected chi connectivity index (χ1v) is 5.65. The van der Waals surface area contributed by atoms with Gasteiger partial charge in [0.15, 0.2) is 0 Å². The number of nitrogens with two attached hydrogens (primary N) is 1. The van der Waals surface area contributed by atoms with E-state index in [0.29, 0.717) is 5.69 Å². The van der Waals surface area contributed by atoms with Crippen LogP contribution in [0.25, 0.3) is 0 Å². The van der Waals surface area contributed by atoms with E-state index >= 15 is 0 Å². The van der Waals surface area contributed by atoms with Gasteiger partial charge in [0.1, 0.15) is 4.90 Å². The van der Waals surface area contributed by atoms with Gasteiger partial charge in [-0.15, -0.1) is 12.4 Å². The number of nitrogens with one attached hydrogen (secondary N) is 1. The highest BCUT2D eigenvalue weighted by molar-refractivity contribution is 7.89. The van der Waals surface area contributed by atoms with Gasteiger partial charge in [0.25, 0.3) is 0 Å². The van der Waals surface area contributed by atoms with Gasteiger partial charge in [0, 0.05) is 20.1 Å². The van der Waals surface area contributed by atoms with Crippen LogP contribution in [-0.2, 0) is 17.1 Å². The third-order valence-corrected chi connectivity index (χ3v) is 3.48. The van der Waals surface area contributed by atoms with Crippen LogP contribution in [0.3, 0.4) is 0 Å². The van der Waals surface area contributed by atoms with Crippen LogP contribution >= 0.6 is 12.4 Å². The molecular formula is C7H15ClN4O2S. The van der Waals surface area contributed by atoms with Crippen molar-refractivity contribution >= 4 is 22.4 Å². The van der Waals surface area contributed by atoms with E-state index in [1.807, 2.05) is 0 Å². The predicted octanol–water partition coefficient (Wildman–Crippen LogP) is -0.613. The largest absolute Gasteiger partial charge is 0.329 e. The first-order chi connectivity index (χ1) is 6.49. The number of nitrogens with zero attached hydrogens (tertiary/aromatic N) is 2. The number of rotatable bonds is 4. The fraction of sp³-hybridized carbons (Fsp3) is 0.571. The Bertz CT molecular complexity index is 415. The molecule has 0 radical (unpaired) electrons. The van der Waals surface area contributed by atoms with Crippen LogP contribution in [0.5, 0.6) is 0 Å². The zero-order valence-corrected chi connectivity index (χ0v) is 10.2. The van der Waals surface area contributed by atoms with Crippen molar-refractivity contribution in [2.75, 3.05) is 13.1 Å². The zero-order chi connectivity index (χ0) is 10.8. The van der Waals surface area contributed by atoms with Crippen molar-refractivity contribution in [1.82, 2.24) is 14.5 Å². The lowest BCUT2D eigenvalue weighted by atomic mass is 10.5. The Labute approximate surface area is 95.3 Å². The van der Waals surface area contributed by atoms with Crippen LogP contribution in [0.4, 0.5) is 0 Å². The Kier molecular flexibility index (Phi) is 5.22. The second-order valence-corrected chi connectivity index (χ2v) is 4.64. The summed E-state index contributed by atoms with van der Waals surface area (Å²) < 4.78 is 27.1. The van der Waals surface area contributed by atoms with E-state index in [-0.39, 0.29) is 30.4 Å². The molecule has 88 valence electrons. The molecule has 0 aliphatic heterocycles. The van der Waals surface area contributed by atoms with Gasteiger partial charge in [-0.1, -0.05) is 0 Å². The summed E-state index contributed by atoms with van der Waals surface area (Å²) in [4.78, 5) is 0.202. The lowest BCUT2D eigenvalue weighted by molar-refractivity contribution is 0.581. The summed E-state index contributed by atoms with van der Waals surface area (Å²) in [6.07, 6.45) is 1.33. The predicted molar refractivity (Wildman–Crippen MR) is 59.4 cm³/mol. The summed E-state index contributed by atoms with van der Waals surface area (Å²) in [5.41, 5.74) is 5.82. The molecule has 0 saturated heterocycles. The smallest absolute Gasteiger partial charge is 0.244 e. The number of sulfonamides is 1. The Hall–Kier alpha value is -0.630. The maximum Gasteiger partial charge on any atom is 0.244 e. The molecule has 0 spiro atoms. The molecule has 1 rings (SSSR count). The maximum atomic E-state index is 11.6. The molecule has 0 aliphatic carbocycles. The van der Waals surface area contributed by atoms with Gasteiger partial charge in [-0.05, 0) is 6.92 Å². The molecule has 0 amide bonds. The molecule has 1 aromatic heterocycles. The minimum Gasteiger partial charge on any atom is -0.329 e. The molecule has 0 unspecified atom stereocenters. The molecule has 3 N–H and O–H groups in total. The highest BCUT2D eigenvalue weighted by atomic mass is 35.5. The third-order valence-electron chi connectivity index (χ3n) is 1.92. The van der Waals surface area contributed by atoms with Crippen molar-refractivity contribution in [3.63, 3.8) is 0 Å². The molecule has 0 fully saturated rings. The van der Waals surface area contributed by atoms with E-state index in [9.17, 15) is 8.42 Å². The second kappa shape index (κ2) is 5.45.